The van der Waals surface area contributed by atoms with E-state index in [4.69, 9.17) is 28.4 Å². The van der Waals surface area contributed by atoms with Crippen molar-refractivity contribution < 1.29 is 38.0 Å². The summed E-state index contributed by atoms with van der Waals surface area (Å²) in [4.78, 5) is 52.4. The van der Waals surface area contributed by atoms with Crippen molar-refractivity contribution in [2.45, 2.75) is 51.6 Å². The first-order valence-electron chi connectivity index (χ1n) is 19.0. The number of anilines is 2. The predicted molar refractivity (Wildman–Crippen MR) is 222 cm³/mol. The first-order valence-corrected chi connectivity index (χ1v) is 19.0. The van der Waals surface area contributed by atoms with E-state index in [-0.39, 0.29) is 35.8 Å². The molecular formula is C44H50N4O10. The number of hydrogen-bond acceptors (Lipinski definition) is 12. The number of ether oxygens (including phenoxy) is 6. The molecule has 2 amide bonds. The molecule has 4 aromatic rings. The van der Waals surface area contributed by atoms with Gasteiger partial charge in [-0.05, 0) is 95.5 Å². The van der Waals surface area contributed by atoms with Gasteiger partial charge in [-0.1, -0.05) is 12.1 Å². The standard InChI is InChI=1S/C44H50N4O10/c1-23(49)47-31-13-9-25-19-37(53-3)41(55-5)43(57-7)39(25)27-11-15-33(35(51)21-29(27)31)45-17-18-46-34-16-12-28-30(22-36(34)52)32(48-24(2)50)14-10-26-20-38(54-4)42(56-6)44(58-8)40(26)28/h11-12,15-16,19-22,31-32H,9-10,13-14,17-18H2,1-8H3,(H,45,51)(H,46,52)(H,47,49)(H,48,50)/t31-,32-/m0/s1. The van der Waals surface area contributed by atoms with E-state index in [9.17, 15) is 19.2 Å². The summed E-state index contributed by atoms with van der Waals surface area (Å²) in [5.41, 5.74) is 6.19. The van der Waals surface area contributed by atoms with E-state index in [0.717, 1.165) is 22.3 Å². The molecule has 14 nitrogen and oxygen atoms in total. The maximum atomic E-state index is 13.8. The molecule has 0 bridgehead atoms. The normalized spacial score (nSPS) is 15.0. The van der Waals surface area contributed by atoms with E-state index in [1.807, 2.05) is 24.3 Å². The molecule has 0 aliphatic heterocycles. The molecule has 14 heteroatoms. The van der Waals surface area contributed by atoms with Crippen LogP contribution in [0.1, 0.15) is 61.0 Å². The highest BCUT2D eigenvalue weighted by Crippen LogP contribution is 2.51. The van der Waals surface area contributed by atoms with Crippen LogP contribution in [0.5, 0.6) is 34.5 Å². The van der Waals surface area contributed by atoms with Gasteiger partial charge in [0.15, 0.2) is 23.0 Å². The van der Waals surface area contributed by atoms with Crippen LogP contribution in [-0.2, 0) is 22.4 Å². The first-order chi connectivity index (χ1) is 28.0. The van der Waals surface area contributed by atoms with Crippen molar-refractivity contribution >= 4 is 23.2 Å². The number of hydrogen-bond donors (Lipinski definition) is 4. The van der Waals surface area contributed by atoms with Crippen molar-refractivity contribution in [2.75, 3.05) is 66.4 Å². The lowest BCUT2D eigenvalue weighted by Crippen LogP contribution is -2.27. The number of methoxy groups -OCH3 is 6. The molecule has 4 aromatic carbocycles. The summed E-state index contributed by atoms with van der Waals surface area (Å²) < 4.78 is 34.4. The summed E-state index contributed by atoms with van der Waals surface area (Å²) >= 11 is 0. The molecule has 0 heterocycles. The van der Waals surface area contributed by atoms with Crippen molar-refractivity contribution in [1.82, 2.24) is 10.6 Å². The molecule has 6 rings (SSSR count). The highest BCUT2D eigenvalue weighted by molar-refractivity contribution is 5.85. The Hall–Kier alpha value is -6.44. The van der Waals surface area contributed by atoms with E-state index >= 15 is 0 Å². The molecule has 0 saturated heterocycles. The van der Waals surface area contributed by atoms with Gasteiger partial charge >= 0.3 is 0 Å². The van der Waals surface area contributed by atoms with Gasteiger partial charge in [0.05, 0.1) is 66.1 Å². The summed E-state index contributed by atoms with van der Waals surface area (Å²) in [6, 6.07) is 13.2. The highest BCUT2D eigenvalue weighted by Gasteiger charge is 2.31. The number of amides is 2. The number of benzene rings is 2. The van der Waals surface area contributed by atoms with E-state index in [2.05, 4.69) is 21.3 Å². The lowest BCUT2D eigenvalue weighted by Gasteiger charge is -2.19. The molecule has 306 valence electrons. The topological polar surface area (TPSA) is 172 Å². The molecule has 0 aromatic heterocycles. The van der Waals surface area contributed by atoms with Crippen LogP contribution in [0.25, 0.3) is 22.3 Å². The summed E-state index contributed by atoms with van der Waals surface area (Å²) in [6.07, 6.45) is 2.24. The van der Waals surface area contributed by atoms with Crippen molar-refractivity contribution in [3.8, 4) is 56.8 Å². The van der Waals surface area contributed by atoms with Crippen LogP contribution < -0.4 is 60.5 Å². The Labute approximate surface area is 337 Å². The number of carbonyl (C=O) groups is 2. The van der Waals surface area contributed by atoms with E-state index < -0.39 is 12.1 Å². The molecule has 0 fully saturated rings. The minimum atomic E-state index is -0.444. The molecule has 0 spiro atoms. The lowest BCUT2D eigenvalue weighted by atomic mass is 9.95. The fourth-order valence-electron chi connectivity index (χ4n) is 8.10. The van der Waals surface area contributed by atoms with Crippen LogP contribution >= 0.6 is 0 Å². The average molecular weight is 795 g/mol. The smallest absolute Gasteiger partial charge is 0.217 e. The Balaban J connectivity index is 1.33. The third kappa shape index (κ3) is 8.04. The van der Waals surface area contributed by atoms with Crippen LogP contribution in [0.2, 0.25) is 0 Å². The summed E-state index contributed by atoms with van der Waals surface area (Å²) in [5.74, 6) is 2.36. The van der Waals surface area contributed by atoms with Gasteiger partial charge in [-0.2, -0.15) is 0 Å². The molecule has 4 N–H and O–H groups in total. The zero-order chi connectivity index (χ0) is 41.7. The third-order valence-corrected chi connectivity index (χ3v) is 10.6. The molecule has 2 aliphatic carbocycles. The van der Waals surface area contributed by atoms with Crippen molar-refractivity contribution in [2.24, 2.45) is 0 Å². The van der Waals surface area contributed by atoms with Crippen LogP contribution in [-0.4, -0.2) is 67.6 Å². The number of nitrogens with one attached hydrogen (secondary N) is 4. The Bertz CT molecular complexity index is 2200. The summed E-state index contributed by atoms with van der Waals surface area (Å²) in [5, 5.41) is 12.5. The second-order valence-corrected chi connectivity index (χ2v) is 14.0. The van der Waals surface area contributed by atoms with Gasteiger partial charge < -0.3 is 49.7 Å². The molecule has 2 aliphatic rings. The van der Waals surface area contributed by atoms with Crippen LogP contribution in [0, 0.1) is 0 Å². The monoisotopic (exact) mass is 794 g/mol. The molecule has 58 heavy (non-hydrogen) atoms. The van der Waals surface area contributed by atoms with E-state index in [1.54, 1.807) is 52.7 Å². The molecular weight excluding hydrogens is 745 g/mol. The average Bonchev–Trinajstić information content (AvgIpc) is 3.59. The maximum Gasteiger partial charge on any atom is 0.217 e. The Morgan fingerprint density at radius 1 is 0.552 bits per heavy atom. The number of carbonyl (C=O) groups excluding carboxylic acids is 2. The fraction of sp³-hybridized carbons (Fsp3) is 0.364. The lowest BCUT2D eigenvalue weighted by molar-refractivity contribution is -0.120. The van der Waals surface area contributed by atoms with E-state index in [0.29, 0.717) is 93.8 Å². The molecule has 0 radical (unpaired) electrons. The molecule has 2 atom stereocenters. The van der Waals surface area contributed by atoms with Crippen molar-refractivity contribution in [3.05, 3.63) is 91.2 Å². The third-order valence-electron chi connectivity index (χ3n) is 10.6. The molecule has 0 saturated carbocycles. The predicted octanol–water partition coefficient (Wildman–Crippen LogP) is 5.56. The van der Waals surface area contributed by atoms with Gasteiger partial charge in [0.25, 0.3) is 0 Å². The number of aryl methyl sites for hydroxylation is 2. The van der Waals surface area contributed by atoms with Gasteiger partial charge in [0.2, 0.25) is 34.2 Å². The van der Waals surface area contributed by atoms with E-state index in [1.165, 1.54) is 28.1 Å². The zero-order valence-electron chi connectivity index (χ0n) is 34.1. The van der Waals surface area contributed by atoms with Gasteiger partial charge in [0, 0.05) is 38.1 Å². The molecule has 0 unspecified atom stereocenters. The summed E-state index contributed by atoms with van der Waals surface area (Å²) in [6.45, 7) is 3.47. The maximum absolute atomic E-state index is 13.8. The largest absolute Gasteiger partial charge is 0.493 e. The van der Waals surface area contributed by atoms with Gasteiger partial charge in [-0.15, -0.1) is 0 Å². The minimum Gasteiger partial charge on any atom is -0.493 e. The van der Waals surface area contributed by atoms with Gasteiger partial charge in [0.1, 0.15) is 0 Å². The van der Waals surface area contributed by atoms with Crippen LogP contribution in [0.4, 0.5) is 11.4 Å². The zero-order valence-corrected chi connectivity index (χ0v) is 34.1. The highest BCUT2D eigenvalue weighted by atomic mass is 16.5. The number of rotatable bonds is 13. The summed E-state index contributed by atoms with van der Waals surface area (Å²) in [7, 11) is 9.30. The van der Waals surface area contributed by atoms with Crippen molar-refractivity contribution in [1.29, 1.82) is 0 Å². The number of fused-ring (bicyclic) bond motifs is 6. The van der Waals surface area contributed by atoms with Gasteiger partial charge in [-0.3, -0.25) is 19.2 Å². The van der Waals surface area contributed by atoms with Crippen molar-refractivity contribution in [3.63, 3.8) is 0 Å². The second-order valence-electron chi connectivity index (χ2n) is 14.0. The minimum absolute atomic E-state index is 0.218. The Morgan fingerprint density at radius 3 is 1.26 bits per heavy atom. The van der Waals surface area contributed by atoms with Crippen LogP contribution in [0.15, 0.2) is 58.1 Å². The second kappa shape index (κ2) is 17.8. The SMILES string of the molecule is COc1cc2c(c(OC)c1OC)-c1ccc(NCCNc3ccc4c(cc3=O)[C@@H](NC(C)=O)CCc3cc(OC)c(OC)c(OC)c3-4)c(=O)cc1[C@@H](NC(C)=O)CC2. The fourth-order valence-corrected chi connectivity index (χ4v) is 8.10. The van der Waals surface area contributed by atoms with Crippen LogP contribution in [0.3, 0.4) is 0 Å². The van der Waals surface area contributed by atoms with Gasteiger partial charge in [-0.25, -0.2) is 0 Å². The first kappa shape index (κ1) is 41.2. The Morgan fingerprint density at radius 2 is 0.931 bits per heavy atom. The quantitative estimate of drug-likeness (QED) is 0.124. The Kier molecular flexibility index (Phi) is 12.6.